The Morgan fingerprint density at radius 3 is 3.00 bits per heavy atom. The van der Waals surface area contributed by atoms with E-state index in [1.807, 2.05) is 26.0 Å². The van der Waals surface area contributed by atoms with Crippen molar-refractivity contribution in [3.63, 3.8) is 0 Å². The van der Waals surface area contributed by atoms with Crippen LogP contribution in [0.1, 0.15) is 35.1 Å². The van der Waals surface area contributed by atoms with Crippen LogP contribution in [0.3, 0.4) is 0 Å². The average molecular weight is 260 g/mol. The predicted molar refractivity (Wildman–Crippen MR) is 68.4 cm³/mol. The molecule has 0 saturated heterocycles. The van der Waals surface area contributed by atoms with Crippen molar-refractivity contribution in [1.29, 1.82) is 0 Å². The fourth-order valence-corrected chi connectivity index (χ4v) is 1.70. The lowest BCUT2D eigenvalue weighted by Crippen LogP contribution is -2.11. The summed E-state index contributed by atoms with van der Waals surface area (Å²) in [4.78, 5) is 11.9. The molecule has 0 saturated carbocycles. The van der Waals surface area contributed by atoms with Crippen molar-refractivity contribution >= 4 is 5.97 Å². The molecule has 6 nitrogen and oxygen atoms in total. The van der Waals surface area contributed by atoms with Gasteiger partial charge in [-0.1, -0.05) is 24.6 Å². The van der Waals surface area contributed by atoms with Gasteiger partial charge in [0, 0.05) is 6.54 Å². The number of aryl methyl sites for hydroxylation is 2. The van der Waals surface area contributed by atoms with Gasteiger partial charge in [-0.05, 0) is 35.9 Å². The SMILES string of the molecule is CCCn1nnnc1COC(=O)c1cccc(C)c1. The number of carbonyl (C=O) groups is 1. The number of benzene rings is 1. The third-order valence-corrected chi connectivity index (χ3v) is 2.63. The fourth-order valence-electron chi connectivity index (χ4n) is 1.70. The molecule has 0 bridgehead atoms. The number of nitrogens with zero attached hydrogens (tertiary/aromatic N) is 4. The molecule has 0 fully saturated rings. The number of hydrogen-bond donors (Lipinski definition) is 0. The molecule has 1 aromatic carbocycles. The van der Waals surface area contributed by atoms with Gasteiger partial charge in [-0.15, -0.1) is 5.10 Å². The molecule has 6 heteroatoms. The Morgan fingerprint density at radius 1 is 1.42 bits per heavy atom. The van der Waals surface area contributed by atoms with Crippen molar-refractivity contribution in [2.24, 2.45) is 0 Å². The summed E-state index contributed by atoms with van der Waals surface area (Å²) in [6.45, 7) is 4.76. The summed E-state index contributed by atoms with van der Waals surface area (Å²) in [7, 11) is 0. The molecule has 0 radical (unpaired) electrons. The lowest BCUT2D eigenvalue weighted by Gasteiger charge is -2.05. The molecule has 0 unspecified atom stereocenters. The van der Waals surface area contributed by atoms with E-state index in [2.05, 4.69) is 15.5 Å². The largest absolute Gasteiger partial charge is 0.454 e. The molecule has 0 aliphatic carbocycles. The molecule has 19 heavy (non-hydrogen) atoms. The highest BCUT2D eigenvalue weighted by Crippen LogP contribution is 2.07. The summed E-state index contributed by atoms with van der Waals surface area (Å²) in [6, 6.07) is 7.27. The zero-order valence-electron chi connectivity index (χ0n) is 11.0. The topological polar surface area (TPSA) is 69.9 Å². The first-order valence-electron chi connectivity index (χ1n) is 6.19. The number of aromatic nitrogens is 4. The second-order valence-electron chi connectivity index (χ2n) is 4.26. The molecular formula is C13H16N4O2. The zero-order chi connectivity index (χ0) is 13.7. The first-order valence-corrected chi connectivity index (χ1v) is 6.19. The summed E-state index contributed by atoms with van der Waals surface area (Å²) < 4.78 is 6.85. The molecule has 0 amide bonds. The molecular weight excluding hydrogens is 244 g/mol. The van der Waals surface area contributed by atoms with Gasteiger partial charge in [-0.25, -0.2) is 9.48 Å². The van der Waals surface area contributed by atoms with Gasteiger partial charge in [0.05, 0.1) is 5.56 Å². The summed E-state index contributed by atoms with van der Waals surface area (Å²) >= 11 is 0. The molecule has 2 aromatic rings. The van der Waals surface area contributed by atoms with Crippen molar-refractivity contribution in [2.45, 2.75) is 33.4 Å². The number of tetrazole rings is 1. The molecule has 1 heterocycles. The van der Waals surface area contributed by atoms with Gasteiger partial charge in [0.15, 0.2) is 12.4 Å². The van der Waals surface area contributed by atoms with Crippen molar-refractivity contribution in [1.82, 2.24) is 20.2 Å². The molecule has 0 aliphatic heterocycles. The first-order chi connectivity index (χ1) is 9.20. The van der Waals surface area contributed by atoms with E-state index < -0.39 is 0 Å². The maximum absolute atomic E-state index is 11.9. The molecule has 0 atom stereocenters. The lowest BCUT2D eigenvalue weighted by molar-refractivity contribution is 0.0456. The predicted octanol–water partition coefficient (Wildman–Crippen LogP) is 1.75. The van der Waals surface area contributed by atoms with Gasteiger partial charge in [0.1, 0.15) is 0 Å². The van der Waals surface area contributed by atoms with Crippen LogP contribution in [-0.4, -0.2) is 26.2 Å². The zero-order valence-corrected chi connectivity index (χ0v) is 11.0. The minimum Gasteiger partial charge on any atom is -0.454 e. The van der Waals surface area contributed by atoms with Crippen LogP contribution in [0.15, 0.2) is 24.3 Å². The van der Waals surface area contributed by atoms with Crippen LogP contribution in [0.2, 0.25) is 0 Å². The van der Waals surface area contributed by atoms with Crippen molar-refractivity contribution in [2.75, 3.05) is 0 Å². The van der Waals surface area contributed by atoms with Gasteiger partial charge in [0.2, 0.25) is 0 Å². The van der Waals surface area contributed by atoms with Crippen LogP contribution >= 0.6 is 0 Å². The normalized spacial score (nSPS) is 10.4. The Kier molecular flexibility index (Phi) is 4.22. The van der Waals surface area contributed by atoms with Crippen LogP contribution in [0, 0.1) is 6.92 Å². The standard InChI is InChI=1S/C13H16N4O2/c1-3-7-17-12(14-15-16-17)9-19-13(18)11-6-4-5-10(2)8-11/h4-6,8H,3,7,9H2,1-2H3. The number of carbonyl (C=O) groups excluding carboxylic acids is 1. The van der Waals surface area contributed by atoms with Crippen molar-refractivity contribution < 1.29 is 9.53 Å². The first kappa shape index (κ1) is 13.2. The van der Waals surface area contributed by atoms with E-state index in [1.54, 1.807) is 16.8 Å². The van der Waals surface area contributed by atoms with E-state index in [4.69, 9.17) is 4.74 Å². The van der Waals surface area contributed by atoms with Crippen LogP contribution in [0.5, 0.6) is 0 Å². The number of rotatable bonds is 5. The summed E-state index contributed by atoms with van der Waals surface area (Å²) in [5.74, 6) is 0.192. The summed E-state index contributed by atoms with van der Waals surface area (Å²) in [5, 5.41) is 11.3. The molecule has 2 rings (SSSR count). The lowest BCUT2D eigenvalue weighted by atomic mass is 10.1. The highest BCUT2D eigenvalue weighted by Gasteiger charge is 2.11. The van der Waals surface area contributed by atoms with Crippen LogP contribution in [-0.2, 0) is 17.9 Å². The van der Waals surface area contributed by atoms with E-state index in [0.29, 0.717) is 17.9 Å². The number of hydrogen-bond acceptors (Lipinski definition) is 5. The van der Waals surface area contributed by atoms with Gasteiger partial charge >= 0.3 is 5.97 Å². The van der Waals surface area contributed by atoms with Gasteiger partial charge in [-0.2, -0.15) is 0 Å². The second-order valence-corrected chi connectivity index (χ2v) is 4.26. The molecule has 1 aromatic heterocycles. The smallest absolute Gasteiger partial charge is 0.338 e. The monoisotopic (exact) mass is 260 g/mol. The molecule has 0 aliphatic rings. The van der Waals surface area contributed by atoms with E-state index in [0.717, 1.165) is 12.0 Å². The average Bonchev–Trinajstić information content (AvgIpc) is 2.84. The van der Waals surface area contributed by atoms with Crippen LogP contribution in [0.4, 0.5) is 0 Å². The number of ether oxygens (including phenoxy) is 1. The quantitative estimate of drug-likeness (QED) is 0.766. The minimum atomic E-state index is -0.366. The highest BCUT2D eigenvalue weighted by molar-refractivity contribution is 5.89. The van der Waals surface area contributed by atoms with E-state index >= 15 is 0 Å². The highest BCUT2D eigenvalue weighted by atomic mass is 16.5. The Morgan fingerprint density at radius 2 is 2.26 bits per heavy atom. The van der Waals surface area contributed by atoms with Crippen LogP contribution in [0.25, 0.3) is 0 Å². The van der Waals surface area contributed by atoms with E-state index in [9.17, 15) is 4.79 Å². The third-order valence-electron chi connectivity index (χ3n) is 2.63. The summed E-state index contributed by atoms with van der Waals surface area (Å²) in [5.41, 5.74) is 1.56. The van der Waals surface area contributed by atoms with Gasteiger partial charge in [-0.3, -0.25) is 0 Å². The molecule has 100 valence electrons. The Balaban J connectivity index is 1.98. The maximum atomic E-state index is 11.9. The minimum absolute atomic E-state index is 0.0831. The Hall–Kier alpha value is -2.24. The van der Waals surface area contributed by atoms with Crippen molar-refractivity contribution in [3.05, 3.63) is 41.2 Å². The Labute approximate surface area is 111 Å². The number of esters is 1. The molecule has 0 spiro atoms. The van der Waals surface area contributed by atoms with E-state index in [-0.39, 0.29) is 12.6 Å². The van der Waals surface area contributed by atoms with Gasteiger partial charge < -0.3 is 4.74 Å². The van der Waals surface area contributed by atoms with Gasteiger partial charge in [0.25, 0.3) is 0 Å². The fraction of sp³-hybridized carbons (Fsp3) is 0.385. The third kappa shape index (κ3) is 3.37. The van der Waals surface area contributed by atoms with Crippen molar-refractivity contribution in [3.8, 4) is 0 Å². The summed E-state index contributed by atoms with van der Waals surface area (Å²) in [6.07, 6.45) is 0.921. The second kappa shape index (κ2) is 6.08. The van der Waals surface area contributed by atoms with Crippen LogP contribution < -0.4 is 0 Å². The van der Waals surface area contributed by atoms with E-state index in [1.165, 1.54) is 0 Å². The Bertz CT molecular complexity index is 565. The molecule has 0 N–H and O–H groups in total. The maximum Gasteiger partial charge on any atom is 0.338 e.